The zero-order chi connectivity index (χ0) is 26.9. The molecule has 0 bridgehead atoms. The van der Waals surface area contributed by atoms with Crippen molar-refractivity contribution >= 4 is 11.4 Å². The van der Waals surface area contributed by atoms with Crippen LogP contribution in [-0.4, -0.2) is 44.9 Å². The molecule has 5 rings (SSSR count). The maximum absolute atomic E-state index is 6.70. The summed E-state index contributed by atoms with van der Waals surface area (Å²) >= 11 is 0. The van der Waals surface area contributed by atoms with Crippen molar-refractivity contribution in [3.05, 3.63) is 119 Å². The molecule has 2 aliphatic rings. The molecule has 0 aromatic heterocycles. The number of fused-ring (bicyclic) bond motifs is 1. The molecule has 3 aromatic carbocycles. The van der Waals surface area contributed by atoms with E-state index in [9.17, 15) is 0 Å². The quantitative estimate of drug-likeness (QED) is 0.339. The zero-order valence-electron chi connectivity index (χ0n) is 23.2. The number of benzene rings is 3. The molecule has 0 N–H and O–H groups in total. The summed E-state index contributed by atoms with van der Waals surface area (Å²) in [5.41, 5.74) is 7.07. The molecule has 1 aliphatic heterocycles. The molecule has 0 radical (unpaired) electrons. The van der Waals surface area contributed by atoms with Gasteiger partial charge in [0.2, 0.25) is 6.23 Å². The van der Waals surface area contributed by atoms with Crippen molar-refractivity contribution < 1.29 is 9.47 Å². The predicted octanol–water partition coefficient (Wildman–Crippen LogP) is 6.73. The van der Waals surface area contributed by atoms with E-state index in [4.69, 9.17) is 14.5 Å². The summed E-state index contributed by atoms with van der Waals surface area (Å²) in [6, 6.07) is 27.6. The van der Waals surface area contributed by atoms with Gasteiger partial charge in [0, 0.05) is 38.4 Å². The lowest BCUT2D eigenvalue weighted by molar-refractivity contribution is 0.151. The Kier molecular flexibility index (Phi) is 7.02. The molecule has 1 heterocycles. The van der Waals surface area contributed by atoms with Crippen LogP contribution in [-0.2, 0) is 10.2 Å². The molecule has 5 nitrogen and oxygen atoms in total. The normalized spacial score (nSPS) is 20.3. The van der Waals surface area contributed by atoms with Crippen molar-refractivity contribution in [2.75, 3.05) is 39.2 Å². The lowest BCUT2D eigenvalue weighted by Gasteiger charge is -2.38. The molecule has 2 atom stereocenters. The summed E-state index contributed by atoms with van der Waals surface area (Å²) in [6.45, 7) is 8.49. The first-order valence-corrected chi connectivity index (χ1v) is 13.3. The van der Waals surface area contributed by atoms with Crippen molar-refractivity contribution in [1.82, 2.24) is 4.90 Å². The van der Waals surface area contributed by atoms with Gasteiger partial charge in [-0.3, -0.25) is 0 Å². The molecule has 0 saturated carbocycles. The van der Waals surface area contributed by atoms with Gasteiger partial charge < -0.3 is 19.3 Å². The van der Waals surface area contributed by atoms with Gasteiger partial charge in [0.05, 0.1) is 18.2 Å². The number of anilines is 1. The molecular weight excluding hydrogens is 470 g/mol. The second-order valence-corrected chi connectivity index (χ2v) is 10.0. The monoisotopic (exact) mass is 507 g/mol. The molecule has 0 saturated heterocycles. The molecule has 0 fully saturated rings. The van der Waals surface area contributed by atoms with Crippen LogP contribution in [0.4, 0.5) is 5.69 Å². The van der Waals surface area contributed by atoms with Gasteiger partial charge in [0.15, 0.2) is 5.76 Å². The fourth-order valence-electron chi connectivity index (χ4n) is 5.76. The molecule has 0 amide bonds. The molecule has 38 heavy (non-hydrogen) atoms. The first kappa shape index (κ1) is 25.7. The third-order valence-corrected chi connectivity index (χ3v) is 7.61. The number of ether oxygens (including phenoxy) is 2. The highest BCUT2D eigenvalue weighted by molar-refractivity contribution is 6.13. The van der Waals surface area contributed by atoms with Gasteiger partial charge in [-0.15, -0.1) is 0 Å². The summed E-state index contributed by atoms with van der Waals surface area (Å²) in [5, 5.41) is 0. The second kappa shape index (κ2) is 10.4. The third kappa shape index (κ3) is 4.26. The van der Waals surface area contributed by atoms with Crippen molar-refractivity contribution in [3.63, 3.8) is 0 Å². The molecular formula is C33H37N3O2. The largest absolute Gasteiger partial charge is 0.497 e. The minimum absolute atomic E-state index is 0.400. The zero-order valence-corrected chi connectivity index (χ0v) is 23.2. The van der Waals surface area contributed by atoms with Gasteiger partial charge in [-0.1, -0.05) is 60.7 Å². The van der Waals surface area contributed by atoms with Crippen LogP contribution >= 0.6 is 0 Å². The van der Waals surface area contributed by atoms with Gasteiger partial charge in [-0.05, 0) is 61.7 Å². The number of aliphatic imine (C=N–C) groups is 1. The number of allylic oxidation sites excluding steroid dienone is 3. The first-order valence-electron chi connectivity index (χ1n) is 13.3. The minimum atomic E-state index is -0.615. The van der Waals surface area contributed by atoms with E-state index < -0.39 is 11.6 Å². The number of methoxy groups -OCH3 is 1. The third-order valence-electron chi connectivity index (χ3n) is 7.61. The lowest BCUT2D eigenvalue weighted by Crippen LogP contribution is -2.40. The van der Waals surface area contributed by atoms with E-state index in [1.165, 1.54) is 5.69 Å². The van der Waals surface area contributed by atoms with Gasteiger partial charge in [0.25, 0.3) is 0 Å². The number of rotatable bonds is 8. The van der Waals surface area contributed by atoms with Crippen molar-refractivity contribution in [1.29, 1.82) is 0 Å². The summed E-state index contributed by atoms with van der Waals surface area (Å²) in [5.74, 6) is 1.67. The molecule has 1 aliphatic carbocycles. The molecule has 196 valence electrons. The fourth-order valence-corrected chi connectivity index (χ4v) is 5.76. The number of nitrogens with zero attached hydrogens (tertiary/aromatic N) is 3. The number of hydrogen-bond donors (Lipinski definition) is 0. The van der Waals surface area contributed by atoms with Gasteiger partial charge in [-0.2, -0.15) is 0 Å². The second-order valence-electron chi connectivity index (χ2n) is 10.0. The van der Waals surface area contributed by atoms with E-state index in [1.54, 1.807) is 7.11 Å². The smallest absolute Gasteiger partial charge is 0.216 e. The van der Waals surface area contributed by atoms with Gasteiger partial charge in [0.1, 0.15) is 11.5 Å². The Hall–Kier alpha value is -3.99. The molecule has 5 heteroatoms. The van der Waals surface area contributed by atoms with Crippen LogP contribution in [0.1, 0.15) is 43.7 Å². The van der Waals surface area contributed by atoms with E-state index in [2.05, 4.69) is 99.3 Å². The predicted molar refractivity (Wildman–Crippen MR) is 156 cm³/mol. The molecule has 0 spiro atoms. The van der Waals surface area contributed by atoms with Crippen LogP contribution in [0, 0.1) is 0 Å². The summed E-state index contributed by atoms with van der Waals surface area (Å²) in [4.78, 5) is 9.80. The summed E-state index contributed by atoms with van der Waals surface area (Å²) in [7, 11) is 5.83. The number of hydrogen-bond acceptors (Lipinski definition) is 5. The Morgan fingerprint density at radius 3 is 2.03 bits per heavy atom. The Morgan fingerprint density at radius 2 is 1.47 bits per heavy atom. The average Bonchev–Trinajstić information content (AvgIpc) is 3.39. The van der Waals surface area contributed by atoms with Crippen LogP contribution in [0.15, 0.2) is 107 Å². The Balaban J connectivity index is 1.76. The Morgan fingerprint density at radius 1 is 0.868 bits per heavy atom. The standard InChI is InChI=1S/C33H37N3O2/c1-7-36(8-2)27-18-14-25(15-19-27)33(26-16-20-28(37-6)21-17-26)22-23(3)29(35(4)5)30-31(33)34-32(38-30)24-12-10-9-11-13-24/h9-22,32H,7-8H2,1-6H3. The highest BCUT2D eigenvalue weighted by atomic mass is 16.5. The Labute approximate surface area is 226 Å². The van der Waals surface area contributed by atoms with Crippen LogP contribution < -0.4 is 9.64 Å². The van der Waals surface area contributed by atoms with E-state index >= 15 is 0 Å². The van der Waals surface area contributed by atoms with E-state index in [-0.39, 0.29) is 0 Å². The lowest BCUT2D eigenvalue weighted by atomic mass is 9.66. The molecule has 2 unspecified atom stereocenters. The van der Waals surface area contributed by atoms with E-state index in [1.807, 2.05) is 30.3 Å². The topological polar surface area (TPSA) is 37.3 Å². The van der Waals surface area contributed by atoms with Gasteiger partial charge >= 0.3 is 0 Å². The maximum atomic E-state index is 6.70. The highest BCUT2D eigenvalue weighted by Gasteiger charge is 2.48. The highest BCUT2D eigenvalue weighted by Crippen LogP contribution is 2.49. The van der Waals surface area contributed by atoms with Crippen molar-refractivity contribution in [2.24, 2.45) is 4.99 Å². The van der Waals surface area contributed by atoms with Crippen LogP contribution in [0.25, 0.3) is 0 Å². The van der Waals surface area contributed by atoms with E-state index in [0.717, 1.165) is 58.3 Å². The SMILES string of the molecule is CCN(CC)c1ccc(C2(c3ccc(OC)cc3)C=C(C)C(N(C)C)=C3OC(c4ccccc4)N=C32)cc1. The summed E-state index contributed by atoms with van der Waals surface area (Å²) in [6.07, 6.45) is 1.96. The number of likely N-dealkylation sites (N-methyl/N-ethyl adjacent to an activating group) is 1. The van der Waals surface area contributed by atoms with E-state index in [0.29, 0.717) is 0 Å². The van der Waals surface area contributed by atoms with Crippen molar-refractivity contribution in [3.8, 4) is 5.75 Å². The minimum Gasteiger partial charge on any atom is -0.497 e. The maximum Gasteiger partial charge on any atom is 0.216 e. The van der Waals surface area contributed by atoms with Crippen molar-refractivity contribution in [2.45, 2.75) is 32.4 Å². The Bertz CT molecular complexity index is 1370. The first-order chi connectivity index (χ1) is 18.4. The molecule has 3 aromatic rings. The van der Waals surface area contributed by atoms with Crippen LogP contribution in [0.5, 0.6) is 5.75 Å². The fraction of sp³-hybridized carbons (Fsp3) is 0.303. The van der Waals surface area contributed by atoms with Gasteiger partial charge in [-0.25, -0.2) is 4.99 Å². The summed E-state index contributed by atoms with van der Waals surface area (Å²) < 4.78 is 12.2. The average molecular weight is 508 g/mol. The van der Waals surface area contributed by atoms with Crippen LogP contribution in [0.2, 0.25) is 0 Å². The van der Waals surface area contributed by atoms with Crippen LogP contribution in [0.3, 0.4) is 0 Å².